The molecular weight excluding hydrogens is 290 g/mol. The van der Waals surface area contributed by atoms with E-state index in [0.717, 1.165) is 29.4 Å². The van der Waals surface area contributed by atoms with Crippen LogP contribution in [0, 0.1) is 6.92 Å². The highest BCUT2D eigenvalue weighted by Crippen LogP contribution is 2.16. The van der Waals surface area contributed by atoms with Crippen LogP contribution in [0.1, 0.15) is 22.3 Å². The van der Waals surface area contributed by atoms with Crippen molar-refractivity contribution >= 4 is 29.2 Å². The van der Waals surface area contributed by atoms with E-state index in [1.54, 1.807) is 6.92 Å². The van der Waals surface area contributed by atoms with Gasteiger partial charge in [-0.2, -0.15) is 0 Å². The Morgan fingerprint density at radius 3 is 2.67 bits per heavy atom. The van der Waals surface area contributed by atoms with Gasteiger partial charge < -0.3 is 15.6 Å². The number of carbonyl (C=O) groups excluding carboxylic acids is 1. The average Bonchev–Trinajstić information content (AvgIpc) is 2.43. The van der Waals surface area contributed by atoms with Gasteiger partial charge >= 0.3 is 0 Å². The van der Waals surface area contributed by atoms with E-state index in [4.69, 9.17) is 0 Å². The van der Waals surface area contributed by atoms with Gasteiger partial charge in [0.1, 0.15) is 5.56 Å². The van der Waals surface area contributed by atoms with Gasteiger partial charge in [-0.3, -0.25) is 9.59 Å². The molecule has 5 nitrogen and oxygen atoms in total. The molecule has 0 bridgehead atoms. The number of aromatic amines is 1. The molecule has 2 rings (SSSR count). The average molecular weight is 310 g/mol. The van der Waals surface area contributed by atoms with Gasteiger partial charge in [-0.25, -0.2) is 0 Å². The van der Waals surface area contributed by atoms with Gasteiger partial charge in [0.25, 0.3) is 11.5 Å². The quantitative estimate of drug-likeness (QED) is 0.734. The zero-order valence-corrected chi connectivity index (χ0v) is 13.0. The fourth-order valence-corrected chi connectivity index (χ4v) is 2.24. The van der Waals surface area contributed by atoms with Crippen LogP contribution in [0.15, 0.2) is 29.1 Å². The molecule has 21 heavy (non-hydrogen) atoms. The number of amides is 1. The molecule has 0 atom stereocenters. The number of aromatic nitrogens is 1. The molecule has 0 saturated carbocycles. The summed E-state index contributed by atoms with van der Waals surface area (Å²) in [6.07, 6.45) is 0.826. The lowest BCUT2D eigenvalue weighted by atomic mass is 10.0. The number of H-pyrrole nitrogens is 1. The minimum absolute atomic E-state index is 0. The normalized spacial score (nSPS) is 10.2. The van der Waals surface area contributed by atoms with Gasteiger partial charge in [0, 0.05) is 17.4 Å². The highest BCUT2D eigenvalue weighted by molar-refractivity contribution is 5.99. The van der Waals surface area contributed by atoms with Crippen molar-refractivity contribution < 1.29 is 4.79 Å². The lowest BCUT2D eigenvalue weighted by Gasteiger charge is -2.09. The van der Waals surface area contributed by atoms with Crippen LogP contribution < -0.4 is 16.2 Å². The minimum Gasteiger partial charge on any atom is -0.352 e. The lowest BCUT2D eigenvalue weighted by molar-refractivity contribution is 0.0951. The summed E-state index contributed by atoms with van der Waals surface area (Å²) in [4.78, 5) is 27.0. The van der Waals surface area contributed by atoms with Crippen LogP contribution in [-0.2, 0) is 0 Å². The molecule has 2 aromatic rings. The Morgan fingerprint density at radius 2 is 1.95 bits per heavy atom. The Balaban J connectivity index is 0.00000220. The third-order valence-corrected chi connectivity index (χ3v) is 3.30. The summed E-state index contributed by atoms with van der Waals surface area (Å²) in [5, 5.41) is 6.69. The number of nitrogens with one attached hydrogen (secondary N) is 3. The predicted octanol–water partition coefficient (Wildman–Crippen LogP) is 1.60. The summed E-state index contributed by atoms with van der Waals surface area (Å²) in [5.41, 5.74) is 1.33. The van der Waals surface area contributed by atoms with E-state index in [1.807, 2.05) is 31.3 Å². The maximum absolute atomic E-state index is 12.1. The molecule has 114 valence electrons. The van der Waals surface area contributed by atoms with E-state index in [1.165, 1.54) is 0 Å². The summed E-state index contributed by atoms with van der Waals surface area (Å²) in [7, 11) is 1.86. The number of pyridine rings is 1. The maximum atomic E-state index is 12.1. The smallest absolute Gasteiger partial charge is 0.261 e. The first-order valence-electron chi connectivity index (χ1n) is 6.69. The van der Waals surface area contributed by atoms with Gasteiger partial charge in [-0.1, -0.05) is 18.2 Å². The molecule has 1 aromatic carbocycles. The molecule has 0 fully saturated rings. The van der Waals surface area contributed by atoms with E-state index in [-0.39, 0.29) is 29.4 Å². The van der Waals surface area contributed by atoms with Gasteiger partial charge in [0.2, 0.25) is 0 Å². The van der Waals surface area contributed by atoms with E-state index in [0.29, 0.717) is 6.54 Å². The zero-order chi connectivity index (χ0) is 14.5. The van der Waals surface area contributed by atoms with Crippen LogP contribution >= 0.6 is 12.4 Å². The topological polar surface area (TPSA) is 74.0 Å². The van der Waals surface area contributed by atoms with Crippen molar-refractivity contribution in [1.82, 2.24) is 15.6 Å². The molecule has 1 amide bonds. The second kappa shape index (κ2) is 7.81. The first kappa shape index (κ1) is 17.2. The van der Waals surface area contributed by atoms with E-state index in [2.05, 4.69) is 15.6 Å². The standard InChI is InChI=1S/C15H19N3O2.ClH/c1-10-11-6-3-4-7-12(11)18-15(20)13(10)14(19)17-9-5-8-16-2;/h3-4,6-7,16H,5,8-9H2,1-2H3,(H,17,19)(H,18,20);1H. The van der Waals surface area contributed by atoms with Crippen molar-refractivity contribution in [2.75, 3.05) is 20.1 Å². The number of hydrogen-bond acceptors (Lipinski definition) is 3. The molecule has 0 radical (unpaired) electrons. The second-order valence-corrected chi connectivity index (χ2v) is 4.71. The second-order valence-electron chi connectivity index (χ2n) is 4.71. The number of rotatable bonds is 5. The van der Waals surface area contributed by atoms with Crippen molar-refractivity contribution in [1.29, 1.82) is 0 Å². The highest BCUT2D eigenvalue weighted by Gasteiger charge is 2.15. The maximum Gasteiger partial charge on any atom is 0.261 e. The zero-order valence-electron chi connectivity index (χ0n) is 12.2. The third kappa shape index (κ3) is 3.83. The van der Waals surface area contributed by atoms with E-state index >= 15 is 0 Å². The number of hydrogen-bond donors (Lipinski definition) is 3. The van der Waals surface area contributed by atoms with Crippen LogP contribution in [0.2, 0.25) is 0 Å². The monoisotopic (exact) mass is 309 g/mol. The SMILES string of the molecule is CNCCCNC(=O)c1c(C)c2ccccc2[nH]c1=O.Cl. The summed E-state index contributed by atoms with van der Waals surface area (Å²) < 4.78 is 0. The largest absolute Gasteiger partial charge is 0.352 e. The van der Waals surface area contributed by atoms with Crippen LogP contribution in [0.5, 0.6) is 0 Å². The Bertz CT molecular complexity index is 682. The molecule has 0 saturated heterocycles. The molecule has 0 aliphatic rings. The van der Waals surface area contributed by atoms with Gasteiger partial charge in [0.05, 0.1) is 0 Å². The minimum atomic E-state index is -0.340. The molecule has 0 unspecified atom stereocenters. The highest BCUT2D eigenvalue weighted by atomic mass is 35.5. The summed E-state index contributed by atoms with van der Waals surface area (Å²) in [6.45, 7) is 3.18. The Kier molecular flexibility index (Phi) is 6.39. The number of aryl methyl sites for hydroxylation is 1. The van der Waals surface area contributed by atoms with Crippen molar-refractivity contribution in [3.05, 3.63) is 45.7 Å². The van der Waals surface area contributed by atoms with Crippen LogP contribution in [0.3, 0.4) is 0 Å². The van der Waals surface area contributed by atoms with E-state index in [9.17, 15) is 9.59 Å². The van der Waals surface area contributed by atoms with Gasteiger partial charge in [-0.15, -0.1) is 12.4 Å². The first-order valence-corrected chi connectivity index (χ1v) is 6.69. The summed E-state index contributed by atoms with van der Waals surface area (Å²) in [5.74, 6) is -0.314. The molecule has 0 spiro atoms. The predicted molar refractivity (Wildman–Crippen MR) is 87.4 cm³/mol. The number of carbonyl (C=O) groups is 1. The molecule has 1 heterocycles. The van der Waals surface area contributed by atoms with Crippen LogP contribution in [0.4, 0.5) is 0 Å². The van der Waals surface area contributed by atoms with Crippen LogP contribution in [-0.4, -0.2) is 31.0 Å². The molecule has 3 N–H and O–H groups in total. The van der Waals surface area contributed by atoms with Gasteiger partial charge in [-0.05, 0) is 38.6 Å². The number of para-hydroxylation sites is 1. The first-order chi connectivity index (χ1) is 9.65. The molecule has 0 aliphatic carbocycles. The molecule has 0 aliphatic heterocycles. The summed E-state index contributed by atoms with van der Waals surface area (Å²) >= 11 is 0. The van der Waals surface area contributed by atoms with E-state index < -0.39 is 0 Å². The van der Waals surface area contributed by atoms with Crippen LogP contribution in [0.25, 0.3) is 10.9 Å². The Morgan fingerprint density at radius 1 is 1.24 bits per heavy atom. The number of benzene rings is 1. The lowest BCUT2D eigenvalue weighted by Crippen LogP contribution is -2.32. The molecule has 1 aromatic heterocycles. The fourth-order valence-electron chi connectivity index (χ4n) is 2.24. The van der Waals surface area contributed by atoms with Crippen molar-refractivity contribution in [3.8, 4) is 0 Å². The Labute approximate surface area is 129 Å². The molecule has 6 heteroatoms. The molecular formula is C15H20ClN3O2. The third-order valence-electron chi connectivity index (χ3n) is 3.30. The number of fused-ring (bicyclic) bond motifs is 1. The summed E-state index contributed by atoms with van der Waals surface area (Å²) in [6, 6.07) is 7.48. The fraction of sp³-hybridized carbons (Fsp3) is 0.333. The van der Waals surface area contributed by atoms with Gasteiger partial charge in [0.15, 0.2) is 0 Å². The van der Waals surface area contributed by atoms with Crippen molar-refractivity contribution in [2.45, 2.75) is 13.3 Å². The van der Waals surface area contributed by atoms with Crippen molar-refractivity contribution in [3.63, 3.8) is 0 Å². The van der Waals surface area contributed by atoms with Crippen molar-refractivity contribution in [2.24, 2.45) is 0 Å². The number of halogens is 1. The Hall–Kier alpha value is -1.85.